The standard InChI is InChI=1S/C19H30O2.C17H26O3/c1-9-10(2)13-8-12(9)16-11-6-14(17(13)16)15(7-11)18(20)21-19(3,4)5;1-8-9(2)12-6-11(8)15-10-4-13(16(12)15)14(5-10)17(18)20-7-19-3/h9-17H,6-8H2,1-5H3;8-16H,4-7H2,1-3H3. The number of ether oxygens (including phenoxy) is 3. The van der Waals surface area contributed by atoms with E-state index in [1.54, 1.807) is 7.11 Å². The van der Waals surface area contributed by atoms with Gasteiger partial charge in [0.05, 0.1) is 11.8 Å². The Bertz CT molecular complexity index is 1050. The Morgan fingerprint density at radius 3 is 1.41 bits per heavy atom. The highest BCUT2D eigenvalue weighted by atomic mass is 16.7. The van der Waals surface area contributed by atoms with E-state index in [4.69, 9.17) is 14.2 Å². The monoisotopic (exact) mass is 568 g/mol. The molecule has 230 valence electrons. The molecule has 0 aliphatic heterocycles. The van der Waals surface area contributed by atoms with Crippen molar-refractivity contribution < 1.29 is 23.8 Å². The fraction of sp³-hybridized carbons (Fsp3) is 0.944. The lowest BCUT2D eigenvalue weighted by Crippen LogP contribution is -2.42. The van der Waals surface area contributed by atoms with Crippen molar-refractivity contribution in [2.75, 3.05) is 13.9 Å². The van der Waals surface area contributed by atoms with Gasteiger partial charge in [-0.05, 0) is 154 Å². The summed E-state index contributed by atoms with van der Waals surface area (Å²) in [5.74, 6) is 14.1. The Labute approximate surface area is 248 Å². The molecule has 0 amide bonds. The summed E-state index contributed by atoms with van der Waals surface area (Å²) >= 11 is 0. The number of hydrogen-bond donors (Lipinski definition) is 0. The summed E-state index contributed by atoms with van der Waals surface area (Å²) in [6, 6.07) is 0. The molecule has 18 atom stereocenters. The molecule has 5 heteroatoms. The Hall–Kier alpha value is -1.10. The summed E-state index contributed by atoms with van der Waals surface area (Å²) in [6.45, 7) is 15.9. The topological polar surface area (TPSA) is 61.8 Å². The van der Waals surface area contributed by atoms with Gasteiger partial charge in [0.1, 0.15) is 5.60 Å². The largest absolute Gasteiger partial charge is 0.460 e. The van der Waals surface area contributed by atoms with Crippen LogP contribution in [0.5, 0.6) is 0 Å². The molecule has 8 aliphatic carbocycles. The number of carbonyl (C=O) groups excluding carboxylic acids is 2. The first-order valence-corrected chi connectivity index (χ1v) is 17.3. The summed E-state index contributed by atoms with van der Waals surface area (Å²) < 4.78 is 15.8. The molecule has 0 saturated heterocycles. The van der Waals surface area contributed by atoms with Crippen LogP contribution in [0.15, 0.2) is 0 Å². The molecular formula is C36H56O5. The maximum atomic E-state index is 12.6. The fourth-order valence-electron chi connectivity index (χ4n) is 13.6. The molecule has 5 nitrogen and oxygen atoms in total. The molecule has 0 aromatic carbocycles. The van der Waals surface area contributed by atoms with Crippen molar-refractivity contribution in [2.45, 2.75) is 92.6 Å². The second kappa shape index (κ2) is 9.96. The first kappa shape index (κ1) is 28.7. The van der Waals surface area contributed by atoms with Gasteiger partial charge in [0.15, 0.2) is 6.79 Å². The van der Waals surface area contributed by atoms with E-state index in [1.807, 2.05) is 20.8 Å². The summed E-state index contributed by atoms with van der Waals surface area (Å²) in [5, 5.41) is 0. The molecule has 0 aromatic heterocycles. The number of fused-ring (bicyclic) bond motifs is 18. The van der Waals surface area contributed by atoms with Crippen molar-refractivity contribution in [1.29, 1.82) is 0 Å². The lowest BCUT2D eigenvalue weighted by Gasteiger charge is -2.43. The quantitative estimate of drug-likeness (QED) is 0.206. The Morgan fingerprint density at radius 1 is 0.585 bits per heavy atom. The number of carbonyl (C=O) groups is 2. The third-order valence-corrected chi connectivity index (χ3v) is 15.0. The van der Waals surface area contributed by atoms with Crippen LogP contribution in [-0.4, -0.2) is 31.4 Å². The van der Waals surface area contributed by atoms with E-state index in [1.165, 1.54) is 25.7 Å². The minimum atomic E-state index is -0.338. The van der Waals surface area contributed by atoms with Crippen molar-refractivity contribution in [2.24, 2.45) is 107 Å². The average molecular weight is 569 g/mol. The highest BCUT2D eigenvalue weighted by Crippen LogP contribution is 2.72. The molecule has 18 unspecified atom stereocenters. The van der Waals surface area contributed by atoms with Crippen LogP contribution < -0.4 is 0 Å². The van der Waals surface area contributed by atoms with E-state index in [-0.39, 0.29) is 36.2 Å². The Morgan fingerprint density at radius 2 is 1.00 bits per heavy atom. The molecule has 8 bridgehead atoms. The summed E-state index contributed by atoms with van der Waals surface area (Å²) in [4.78, 5) is 24.8. The lowest BCUT2D eigenvalue weighted by molar-refractivity contribution is -0.164. The molecule has 8 aliphatic rings. The van der Waals surface area contributed by atoms with Gasteiger partial charge in [-0.1, -0.05) is 27.7 Å². The van der Waals surface area contributed by atoms with Crippen LogP contribution in [0.3, 0.4) is 0 Å². The summed E-state index contributed by atoms with van der Waals surface area (Å²) in [7, 11) is 1.57. The molecule has 0 radical (unpaired) electrons. The minimum Gasteiger partial charge on any atom is -0.460 e. The average Bonchev–Trinajstić information content (AvgIpc) is 3.75. The van der Waals surface area contributed by atoms with Gasteiger partial charge in [0, 0.05) is 7.11 Å². The molecule has 8 rings (SSSR count). The predicted molar refractivity (Wildman–Crippen MR) is 157 cm³/mol. The molecule has 8 saturated carbocycles. The van der Waals surface area contributed by atoms with Gasteiger partial charge in [-0.3, -0.25) is 9.59 Å². The van der Waals surface area contributed by atoms with Crippen molar-refractivity contribution in [3.05, 3.63) is 0 Å². The van der Waals surface area contributed by atoms with Crippen LogP contribution in [0.2, 0.25) is 0 Å². The Kier molecular flexibility index (Phi) is 6.96. The maximum absolute atomic E-state index is 12.6. The van der Waals surface area contributed by atoms with E-state index in [0.29, 0.717) is 11.8 Å². The van der Waals surface area contributed by atoms with E-state index < -0.39 is 0 Å². The first-order valence-electron chi connectivity index (χ1n) is 17.3. The van der Waals surface area contributed by atoms with Gasteiger partial charge in [0.2, 0.25) is 0 Å². The van der Waals surface area contributed by atoms with Crippen LogP contribution in [0, 0.1) is 107 Å². The van der Waals surface area contributed by atoms with Crippen molar-refractivity contribution in [3.63, 3.8) is 0 Å². The van der Waals surface area contributed by atoms with Crippen LogP contribution in [0.4, 0.5) is 0 Å². The lowest BCUT2D eigenvalue weighted by atomic mass is 9.62. The van der Waals surface area contributed by atoms with Gasteiger partial charge in [-0.25, -0.2) is 0 Å². The summed E-state index contributed by atoms with van der Waals surface area (Å²) in [5.41, 5.74) is -0.338. The molecule has 0 N–H and O–H groups in total. The minimum absolute atomic E-state index is 0.00118. The van der Waals surface area contributed by atoms with Gasteiger partial charge >= 0.3 is 11.9 Å². The van der Waals surface area contributed by atoms with Crippen LogP contribution in [0.25, 0.3) is 0 Å². The summed E-state index contributed by atoms with van der Waals surface area (Å²) in [6.07, 6.45) is 7.68. The first-order chi connectivity index (χ1) is 19.4. The maximum Gasteiger partial charge on any atom is 0.311 e. The molecule has 0 spiro atoms. The molecule has 0 aromatic rings. The number of rotatable bonds is 4. The number of methoxy groups -OCH3 is 1. The molecule has 41 heavy (non-hydrogen) atoms. The molecule has 0 heterocycles. The van der Waals surface area contributed by atoms with Gasteiger partial charge < -0.3 is 14.2 Å². The number of esters is 2. The predicted octanol–water partition coefficient (Wildman–Crippen LogP) is 7.08. The zero-order valence-electron chi connectivity index (χ0n) is 26.9. The smallest absolute Gasteiger partial charge is 0.311 e. The fourth-order valence-corrected chi connectivity index (χ4v) is 13.6. The second-order valence-electron chi connectivity index (χ2n) is 17.3. The molecule has 8 fully saturated rings. The zero-order valence-corrected chi connectivity index (χ0v) is 26.9. The van der Waals surface area contributed by atoms with E-state index in [9.17, 15) is 9.59 Å². The van der Waals surface area contributed by atoms with Crippen LogP contribution in [-0.2, 0) is 23.8 Å². The van der Waals surface area contributed by atoms with Gasteiger partial charge in [-0.2, -0.15) is 0 Å². The van der Waals surface area contributed by atoms with Gasteiger partial charge in [0.25, 0.3) is 0 Å². The van der Waals surface area contributed by atoms with Crippen LogP contribution >= 0.6 is 0 Å². The highest BCUT2D eigenvalue weighted by Gasteiger charge is 2.68. The van der Waals surface area contributed by atoms with Crippen molar-refractivity contribution in [1.82, 2.24) is 0 Å². The highest BCUT2D eigenvalue weighted by molar-refractivity contribution is 5.74. The number of hydrogen-bond acceptors (Lipinski definition) is 5. The zero-order chi connectivity index (χ0) is 29.1. The normalized spacial score (nSPS) is 54.6. The third-order valence-electron chi connectivity index (χ3n) is 15.0. The second-order valence-corrected chi connectivity index (χ2v) is 17.3. The van der Waals surface area contributed by atoms with E-state index >= 15 is 0 Å². The van der Waals surface area contributed by atoms with E-state index in [0.717, 1.165) is 95.7 Å². The third kappa shape index (κ3) is 4.23. The van der Waals surface area contributed by atoms with Crippen molar-refractivity contribution >= 4 is 11.9 Å². The van der Waals surface area contributed by atoms with Crippen molar-refractivity contribution in [3.8, 4) is 0 Å². The van der Waals surface area contributed by atoms with Gasteiger partial charge in [-0.15, -0.1) is 0 Å². The van der Waals surface area contributed by atoms with Crippen LogP contribution in [0.1, 0.15) is 87.0 Å². The molecular weight excluding hydrogens is 512 g/mol. The SMILES string of the molecule is CC1C(C)C2CC1C1C3CC(C(=O)OC(C)(C)C)C(C3)C21.COCOC(=O)C1CC2CC1C1C3CC(C(C)C3C)C21. The van der Waals surface area contributed by atoms with E-state index in [2.05, 4.69) is 27.7 Å². The Balaban J connectivity index is 0.000000135.